The number of para-hydroxylation sites is 1. The number of benzene rings is 2. The molecule has 0 saturated carbocycles. The minimum absolute atomic E-state index is 0.297. The summed E-state index contributed by atoms with van der Waals surface area (Å²) in [6.45, 7) is 0. The third kappa shape index (κ3) is 5.68. The SMILES string of the molecule is COc1ccc(C(=O)N[C@@H](CCSC)C(=O)Nc2ccccc2Cl)cc1. The Morgan fingerprint density at radius 2 is 1.85 bits per heavy atom. The van der Waals surface area contributed by atoms with Gasteiger partial charge >= 0.3 is 0 Å². The number of carbonyl (C=O) groups excluding carboxylic acids is 2. The van der Waals surface area contributed by atoms with Crippen LogP contribution in [0.5, 0.6) is 5.75 Å². The van der Waals surface area contributed by atoms with Crippen molar-refractivity contribution in [2.75, 3.05) is 24.4 Å². The van der Waals surface area contributed by atoms with E-state index in [1.165, 1.54) is 0 Å². The predicted octanol–water partition coefficient (Wildman–Crippen LogP) is 3.84. The van der Waals surface area contributed by atoms with Gasteiger partial charge in [0, 0.05) is 5.56 Å². The molecule has 2 amide bonds. The van der Waals surface area contributed by atoms with Crippen molar-refractivity contribution >= 4 is 40.9 Å². The van der Waals surface area contributed by atoms with Crippen molar-refractivity contribution in [1.29, 1.82) is 0 Å². The summed E-state index contributed by atoms with van der Waals surface area (Å²) < 4.78 is 5.09. The normalized spacial score (nSPS) is 11.5. The first-order valence-corrected chi connectivity index (χ1v) is 9.81. The molecule has 7 heteroatoms. The van der Waals surface area contributed by atoms with E-state index in [1.54, 1.807) is 67.4 Å². The zero-order chi connectivity index (χ0) is 18.9. The lowest BCUT2D eigenvalue weighted by molar-refractivity contribution is -0.118. The highest BCUT2D eigenvalue weighted by atomic mass is 35.5. The smallest absolute Gasteiger partial charge is 0.251 e. The van der Waals surface area contributed by atoms with Gasteiger partial charge in [-0.3, -0.25) is 9.59 Å². The minimum Gasteiger partial charge on any atom is -0.497 e. The standard InChI is InChI=1S/C19H21ClN2O3S/c1-25-14-9-7-13(8-10-14)18(23)22-17(11-12-26-2)19(24)21-16-6-4-3-5-15(16)20/h3-10,17H,11-12H2,1-2H3,(H,21,24)(H,22,23)/t17-/m0/s1. The monoisotopic (exact) mass is 392 g/mol. The number of rotatable bonds is 8. The number of nitrogens with one attached hydrogen (secondary N) is 2. The van der Waals surface area contributed by atoms with Crippen LogP contribution in [0.25, 0.3) is 0 Å². The average Bonchev–Trinajstić information content (AvgIpc) is 2.66. The van der Waals surface area contributed by atoms with Crippen LogP contribution in [0, 0.1) is 0 Å². The van der Waals surface area contributed by atoms with Gasteiger partial charge in [0.15, 0.2) is 0 Å². The van der Waals surface area contributed by atoms with E-state index in [0.29, 0.717) is 28.4 Å². The molecule has 0 unspecified atom stereocenters. The predicted molar refractivity (Wildman–Crippen MR) is 107 cm³/mol. The van der Waals surface area contributed by atoms with Gasteiger partial charge in [-0.2, -0.15) is 11.8 Å². The molecule has 0 fully saturated rings. The quantitative estimate of drug-likeness (QED) is 0.716. The zero-order valence-corrected chi connectivity index (χ0v) is 16.2. The third-order valence-corrected chi connectivity index (χ3v) is 4.69. The number of hydrogen-bond acceptors (Lipinski definition) is 4. The fraction of sp³-hybridized carbons (Fsp3) is 0.263. The number of halogens is 1. The molecule has 26 heavy (non-hydrogen) atoms. The van der Waals surface area contributed by atoms with Crippen LogP contribution in [-0.2, 0) is 4.79 Å². The molecule has 2 N–H and O–H groups in total. The second kappa shape index (κ2) is 10.1. The fourth-order valence-corrected chi connectivity index (χ4v) is 2.93. The maximum Gasteiger partial charge on any atom is 0.251 e. The van der Waals surface area contributed by atoms with Crippen LogP contribution in [0.3, 0.4) is 0 Å². The molecular weight excluding hydrogens is 372 g/mol. The van der Waals surface area contributed by atoms with Gasteiger partial charge in [0.1, 0.15) is 11.8 Å². The Morgan fingerprint density at radius 3 is 2.46 bits per heavy atom. The molecule has 2 aromatic rings. The molecule has 0 radical (unpaired) electrons. The molecule has 1 atom stereocenters. The molecule has 0 aliphatic carbocycles. The third-order valence-electron chi connectivity index (χ3n) is 3.72. The second-order valence-corrected chi connectivity index (χ2v) is 6.90. The summed E-state index contributed by atoms with van der Waals surface area (Å²) >= 11 is 7.70. The van der Waals surface area contributed by atoms with E-state index in [9.17, 15) is 9.59 Å². The van der Waals surface area contributed by atoms with Crippen molar-refractivity contribution in [3.63, 3.8) is 0 Å². The van der Waals surface area contributed by atoms with Crippen molar-refractivity contribution < 1.29 is 14.3 Å². The largest absolute Gasteiger partial charge is 0.497 e. The van der Waals surface area contributed by atoms with Crippen LogP contribution < -0.4 is 15.4 Å². The molecule has 0 saturated heterocycles. The van der Waals surface area contributed by atoms with Crippen molar-refractivity contribution in [1.82, 2.24) is 5.32 Å². The zero-order valence-electron chi connectivity index (χ0n) is 14.6. The number of ether oxygens (including phenoxy) is 1. The molecule has 138 valence electrons. The molecule has 0 aliphatic heterocycles. The van der Waals surface area contributed by atoms with Gasteiger partial charge in [0.2, 0.25) is 5.91 Å². The maximum absolute atomic E-state index is 12.6. The number of thioether (sulfide) groups is 1. The molecule has 0 aromatic heterocycles. The number of anilines is 1. The van der Waals surface area contributed by atoms with Crippen molar-refractivity contribution in [2.24, 2.45) is 0 Å². The Bertz CT molecular complexity index is 753. The van der Waals surface area contributed by atoms with E-state index in [2.05, 4.69) is 10.6 Å². The summed E-state index contributed by atoms with van der Waals surface area (Å²) in [5, 5.41) is 6.03. The van der Waals surface area contributed by atoms with Crippen molar-refractivity contribution in [2.45, 2.75) is 12.5 Å². The van der Waals surface area contributed by atoms with Gasteiger partial charge in [0.25, 0.3) is 5.91 Å². The summed E-state index contributed by atoms with van der Waals surface area (Å²) in [5.41, 5.74) is 0.984. The van der Waals surface area contributed by atoms with Gasteiger partial charge in [-0.1, -0.05) is 23.7 Å². The molecule has 0 heterocycles. The first kappa shape index (κ1) is 20.1. The van der Waals surface area contributed by atoms with E-state index >= 15 is 0 Å². The summed E-state index contributed by atoms with van der Waals surface area (Å²) in [6.07, 6.45) is 2.47. The second-order valence-electron chi connectivity index (χ2n) is 5.51. The molecule has 5 nitrogen and oxygen atoms in total. The lowest BCUT2D eigenvalue weighted by Crippen LogP contribution is -2.44. The Labute approximate surface area is 162 Å². The fourth-order valence-electron chi connectivity index (χ4n) is 2.27. The molecular formula is C19H21ClN2O3S. The number of methoxy groups -OCH3 is 1. The summed E-state index contributed by atoms with van der Waals surface area (Å²) in [4.78, 5) is 25.1. The van der Waals surface area contributed by atoms with Gasteiger partial charge in [-0.05, 0) is 54.8 Å². The lowest BCUT2D eigenvalue weighted by atomic mass is 10.1. The van der Waals surface area contributed by atoms with Crippen LogP contribution in [0.15, 0.2) is 48.5 Å². The van der Waals surface area contributed by atoms with E-state index in [4.69, 9.17) is 16.3 Å². The van der Waals surface area contributed by atoms with Crippen LogP contribution in [0.4, 0.5) is 5.69 Å². The molecule has 0 aliphatic rings. The van der Waals surface area contributed by atoms with E-state index in [-0.39, 0.29) is 11.8 Å². The van der Waals surface area contributed by atoms with E-state index < -0.39 is 6.04 Å². The highest BCUT2D eigenvalue weighted by molar-refractivity contribution is 7.98. The van der Waals surface area contributed by atoms with Crippen LogP contribution in [-0.4, -0.2) is 37.0 Å². The lowest BCUT2D eigenvalue weighted by Gasteiger charge is -2.19. The molecule has 2 aromatic carbocycles. The van der Waals surface area contributed by atoms with Gasteiger partial charge in [0.05, 0.1) is 17.8 Å². The number of amides is 2. The highest BCUT2D eigenvalue weighted by Crippen LogP contribution is 2.21. The maximum atomic E-state index is 12.6. The first-order chi connectivity index (χ1) is 12.5. The molecule has 0 spiro atoms. The van der Waals surface area contributed by atoms with Gasteiger partial charge in [-0.15, -0.1) is 0 Å². The Hall–Kier alpha value is -2.18. The van der Waals surface area contributed by atoms with Gasteiger partial charge in [-0.25, -0.2) is 0 Å². The van der Waals surface area contributed by atoms with E-state index in [0.717, 1.165) is 5.75 Å². The van der Waals surface area contributed by atoms with Crippen molar-refractivity contribution in [3.8, 4) is 5.75 Å². The van der Waals surface area contributed by atoms with Crippen LogP contribution in [0.1, 0.15) is 16.8 Å². The van der Waals surface area contributed by atoms with Crippen LogP contribution in [0.2, 0.25) is 5.02 Å². The Morgan fingerprint density at radius 1 is 1.15 bits per heavy atom. The van der Waals surface area contributed by atoms with E-state index in [1.807, 2.05) is 6.26 Å². The highest BCUT2D eigenvalue weighted by Gasteiger charge is 2.22. The summed E-state index contributed by atoms with van der Waals surface area (Å²) in [5.74, 6) is 0.794. The van der Waals surface area contributed by atoms with Crippen molar-refractivity contribution in [3.05, 3.63) is 59.1 Å². The van der Waals surface area contributed by atoms with Crippen LogP contribution >= 0.6 is 23.4 Å². The summed E-state index contributed by atoms with van der Waals surface area (Å²) in [6, 6.07) is 13.1. The first-order valence-electron chi connectivity index (χ1n) is 8.04. The Kier molecular flexibility index (Phi) is 7.81. The molecule has 0 bridgehead atoms. The van der Waals surface area contributed by atoms with Gasteiger partial charge < -0.3 is 15.4 Å². The minimum atomic E-state index is -0.659. The Balaban J connectivity index is 2.08. The topological polar surface area (TPSA) is 67.4 Å². The number of carbonyl (C=O) groups is 2. The summed E-state index contributed by atoms with van der Waals surface area (Å²) in [7, 11) is 1.56. The number of hydrogen-bond donors (Lipinski definition) is 2. The average molecular weight is 393 g/mol. The molecule has 2 rings (SSSR count).